The van der Waals surface area contributed by atoms with Crippen LogP contribution in [-0.4, -0.2) is 42.8 Å². The van der Waals surface area contributed by atoms with Crippen LogP contribution in [0.1, 0.15) is 54.1 Å². The molecule has 10 heteroatoms. The van der Waals surface area contributed by atoms with E-state index < -0.39 is 27.8 Å². The molecule has 0 aliphatic rings. The first-order valence-corrected chi connectivity index (χ1v) is 10.7. The highest BCUT2D eigenvalue weighted by atomic mass is 32.2. The van der Waals surface area contributed by atoms with Crippen molar-refractivity contribution in [2.24, 2.45) is 0 Å². The maximum atomic E-state index is 12.6. The fraction of sp³-hybridized carbons (Fsp3) is 0.421. The van der Waals surface area contributed by atoms with Gasteiger partial charge in [-0.1, -0.05) is 25.1 Å². The zero-order valence-electron chi connectivity index (χ0n) is 17.1. The van der Waals surface area contributed by atoms with Crippen LogP contribution in [0.25, 0.3) is 0 Å². The Kier molecular flexibility index (Phi) is 7.15. The van der Waals surface area contributed by atoms with Crippen molar-refractivity contribution in [3.05, 3.63) is 46.8 Å². The molecule has 1 heterocycles. The number of hydrogen-bond acceptors (Lipinski definition) is 6. The second kappa shape index (κ2) is 9.19. The molecular formula is C19H26N4O5S. The molecule has 0 bridgehead atoms. The van der Waals surface area contributed by atoms with Gasteiger partial charge in [0.15, 0.2) is 0 Å². The molecule has 0 radical (unpaired) electrons. The molecule has 0 aliphatic heterocycles. The Morgan fingerprint density at radius 1 is 1.17 bits per heavy atom. The van der Waals surface area contributed by atoms with E-state index in [9.17, 15) is 18.0 Å². The van der Waals surface area contributed by atoms with Crippen LogP contribution < -0.4 is 10.9 Å². The Morgan fingerprint density at radius 3 is 2.38 bits per heavy atom. The van der Waals surface area contributed by atoms with E-state index in [0.717, 1.165) is 0 Å². The van der Waals surface area contributed by atoms with Gasteiger partial charge in [0.2, 0.25) is 15.9 Å². The predicted molar refractivity (Wildman–Crippen MR) is 107 cm³/mol. The van der Waals surface area contributed by atoms with E-state index in [4.69, 9.17) is 4.52 Å². The first-order chi connectivity index (χ1) is 13.6. The summed E-state index contributed by atoms with van der Waals surface area (Å²) in [6.07, 6.45) is 0. The molecule has 1 aromatic heterocycles. The summed E-state index contributed by atoms with van der Waals surface area (Å²) < 4.78 is 31.6. The number of sulfonamides is 1. The SMILES string of the molecule is CCN(CC)S(=O)(=O)c1cccc(C(=O)NNC(=O)C(C)c2c(C)noc2C)c1. The van der Waals surface area contributed by atoms with E-state index in [1.54, 1.807) is 34.6 Å². The van der Waals surface area contributed by atoms with Crippen molar-refractivity contribution >= 4 is 21.8 Å². The minimum Gasteiger partial charge on any atom is -0.361 e. The topological polar surface area (TPSA) is 122 Å². The molecule has 0 saturated heterocycles. The predicted octanol–water partition coefficient (Wildman–Crippen LogP) is 1.89. The minimum atomic E-state index is -3.69. The maximum absolute atomic E-state index is 12.6. The van der Waals surface area contributed by atoms with Gasteiger partial charge in [0.1, 0.15) is 5.76 Å². The van der Waals surface area contributed by atoms with Crippen LogP contribution in [0.4, 0.5) is 0 Å². The van der Waals surface area contributed by atoms with Crippen molar-refractivity contribution in [1.29, 1.82) is 0 Å². The van der Waals surface area contributed by atoms with Gasteiger partial charge in [-0.25, -0.2) is 8.42 Å². The number of carbonyl (C=O) groups excluding carboxylic acids is 2. The molecule has 0 fully saturated rings. The molecule has 2 amide bonds. The molecule has 0 spiro atoms. The molecule has 2 rings (SSSR count). The van der Waals surface area contributed by atoms with Crippen LogP contribution >= 0.6 is 0 Å². The third-order valence-electron chi connectivity index (χ3n) is 4.65. The number of aryl methyl sites for hydroxylation is 2. The lowest BCUT2D eigenvalue weighted by atomic mass is 9.99. The molecule has 2 N–H and O–H groups in total. The van der Waals surface area contributed by atoms with Gasteiger partial charge in [-0.05, 0) is 39.0 Å². The Balaban J connectivity index is 2.11. The van der Waals surface area contributed by atoms with Gasteiger partial charge >= 0.3 is 0 Å². The van der Waals surface area contributed by atoms with Crippen molar-refractivity contribution in [1.82, 2.24) is 20.3 Å². The number of carbonyl (C=O) groups is 2. The van der Waals surface area contributed by atoms with Gasteiger partial charge in [0, 0.05) is 24.2 Å². The van der Waals surface area contributed by atoms with Gasteiger partial charge in [-0.2, -0.15) is 4.31 Å². The number of amides is 2. The summed E-state index contributed by atoms with van der Waals surface area (Å²) in [5.74, 6) is -1.12. The molecular weight excluding hydrogens is 396 g/mol. The average Bonchev–Trinajstić information content (AvgIpc) is 3.04. The van der Waals surface area contributed by atoms with Crippen molar-refractivity contribution in [3.63, 3.8) is 0 Å². The number of nitrogens with zero attached hydrogens (tertiary/aromatic N) is 2. The van der Waals surface area contributed by atoms with E-state index in [1.807, 2.05) is 0 Å². The molecule has 29 heavy (non-hydrogen) atoms. The Hall–Kier alpha value is -2.72. The molecule has 2 aromatic rings. The molecule has 1 unspecified atom stereocenters. The lowest BCUT2D eigenvalue weighted by molar-refractivity contribution is -0.123. The van der Waals surface area contributed by atoms with E-state index in [-0.39, 0.29) is 10.5 Å². The fourth-order valence-electron chi connectivity index (χ4n) is 3.05. The van der Waals surface area contributed by atoms with Crippen molar-refractivity contribution < 1.29 is 22.5 Å². The van der Waals surface area contributed by atoms with E-state index in [1.165, 1.54) is 28.6 Å². The van der Waals surface area contributed by atoms with Crippen LogP contribution in [0.15, 0.2) is 33.7 Å². The van der Waals surface area contributed by atoms with E-state index in [2.05, 4.69) is 16.0 Å². The number of hydrogen-bond donors (Lipinski definition) is 2. The molecule has 1 atom stereocenters. The quantitative estimate of drug-likeness (QED) is 0.657. The molecule has 158 valence electrons. The number of aromatic nitrogens is 1. The monoisotopic (exact) mass is 422 g/mol. The third kappa shape index (κ3) is 4.83. The lowest BCUT2D eigenvalue weighted by Crippen LogP contribution is -2.43. The standard InChI is InChI=1S/C19H26N4O5S/c1-6-23(7-2)29(26,27)16-10-8-9-15(11-16)19(25)21-20-18(24)12(3)17-13(4)22-28-14(17)5/h8-12H,6-7H2,1-5H3,(H,20,24)(H,21,25). The zero-order chi connectivity index (χ0) is 21.8. The highest BCUT2D eigenvalue weighted by molar-refractivity contribution is 7.89. The fourth-order valence-corrected chi connectivity index (χ4v) is 4.55. The average molecular weight is 423 g/mol. The van der Waals surface area contributed by atoms with Crippen LogP contribution in [0.5, 0.6) is 0 Å². The van der Waals surface area contributed by atoms with Crippen LogP contribution in [0, 0.1) is 13.8 Å². The van der Waals surface area contributed by atoms with Gasteiger partial charge in [0.25, 0.3) is 5.91 Å². The zero-order valence-corrected chi connectivity index (χ0v) is 18.0. The Labute approximate surface area is 170 Å². The number of rotatable bonds is 7. The highest BCUT2D eigenvalue weighted by Crippen LogP contribution is 2.23. The summed E-state index contributed by atoms with van der Waals surface area (Å²) in [6, 6.07) is 5.68. The summed E-state index contributed by atoms with van der Waals surface area (Å²) in [7, 11) is -3.69. The normalized spacial score (nSPS) is 12.6. The van der Waals surface area contributed by atoms with Gasteiger partial charge < -0.3 is 4.52 Å². The maximum Gasteiger partial charge on any atom is 0.269 e. The first kappa shape index (κ1) is 22.6. The third-order valence-corrected chi connectivity index (χ3v) is 6.70. The molecule has 9 nitrogen and oxygen atoms in total. The number of benzene rings is 1. The van der Waals surface area contributed by atoms with Crippen LogP contribution in [0.3, 0.4) is 0 Å². The largest absolute Gasteiger partial charge is 0.361 e. The first-order valence-electron chi connectivity index (χ1n) is 9.26. The summed E-state index contributed by atoms with van der Waals surface area (Å²) in [4.78, 5) is 24.8. The Bertz CT molecular complexity index is 976. The number of hydrazine groups is 1. The van der Waals surface area contributed by atoms with Gasteiger partial charge in [-0.3, -0.25) is 20.4 Å². The highest BCUT2D eigenvalue weighted by Gasteiger charge is 2.24. The van der Waals surface area contributed by atoms with Crippen molar-refractivity contribution in [3.8, 4) is 0 Å². The summed E-state index contributed by atoms with van der Waals surface area (Å²) in [6.45, 7) is 9.25. The van der Waals surface area contributed by atoms with Crippen LogP contribution in [-0.2, 0) is 14.8 Å². The second-order valence-corrected chi connectivity index (χ2v) is 8.46. The van der Waals surface area contributed by atoms with E-state index in [0.29, 0.717) is 30.1 Å². The summed E-state index contributed by atoms with van der Waals surface area (Å²) in [5.41, 5.74) is 6.05. The number of nitrogens with one attached hydrogen (secondary N) is 2. The Morgan fingerprint density at radius 2 is 1.83 bits per heavy atom. The molecule has 0 aliphatic carbocycles. The molecule has 1 aromatic carbocycles. The summed E-state index contributed by atoms with van der Waals surface area (Å²) in [5, 5.41) is 3.82. The molecule has 0 saturated carbocycles. The van der Waals surface area contributed by atoms with Crippen LogP contribution in [0.2, 0.25) is 0 Å². The smallest absolute Gasteiger partial charge is 0.269 e. The van der Waals surface area contributed by atoms with E-state index >= 15 is 0 Å². The summed E-state index contributed by atoms with van der Waals surface area (Å²) >= 11 is 0. The van der Waals surface area contributed by atoms with Crippen molar-refractivity contribution in [2.45, 2.75) is 45.4 Å². The minimum absolute atomic E-state index is 0.0178. The lowest BCUT2D eigenvalue weighted by Gasteiger charge is -2.18. The van der Waals surface area contributed by atoms with Crippen molar-refractivity contribution in [2.75, 3.05) is 13.1 Å². The van der Waals surface area contributed by atoms with Gasteiger partial charge in [-0.15, -0.1) is 0 Å². The second-order valence-electron chi connectivity index (χ2n) is 6.52. The van der Waals surface area contributed by atoms with Gasteiger partial charge in [0.05, 0.1) is 16.5 Å².